The number of hydrogen-bond donors (Lipinski definition) is 2. The molecule has 8 atom stereocenters. The minimum atomic E-state index is -1.29. The Balaban J connectivity index is 1.41. The molecule has 0 aromatic rings. The third kappa shape index (κ3) is 4.39. The Morgan fingerprint density at radius 1 is 0.897 bits per heavy atom. The van der Waals surface area contributed by atoms with Gasteiger partial charge in [-0.2, -0.15) is 0 Å². The molecule has 0 amide bonds. The van der Waals surface area contributed by atoms with Crippen LogP contribution in [-0.4, -0.2) is 53.5 Å². The van der Waals surface area contributed by atoms with Gasteiger partial charge < -0.3 is 29.2 Å². The van der Waals surface area contributed by atoms with Crippen molar-refractivity contribution in [1.29, 1.82) is 0 Å². The SMILES string of the molecule is CC1CCC2C(C)C(OCCOC3CCCCC3)OC3OC(C)(O)CCC1C32O. The van der Waals surface area contributed by atoms with Gasteiger partial charge in [0.1, 0.15) is 5.60 Å². The molecular weight excluding hydrogens is 372 g/mol. The van der Waals surface area contributed by atoms with Crippen molar-refractivity contribution < 1.29 is 29.2 Å². The lowest BCUT2D eigenvalue weighted by Crippen LogP contribution is -2.67. The molecule has 2 saturated heterocycles. The van der Waals surface area contributed by atoms with Crippen molar-refractivity contribution >= 4 is 0 Å². The van der Waals surface area contributed by atoms with Crippen molar-refractivity contribution in [2.24, 2.45) is 23.7 Å². The molecule has 0 bridgehead atoms. The average molecular weight is 413 g/mol. The lowest BCUT2D eigenvalue weighted by Gasteiger charge is -2.57. The maximum atomic E-state index is 11.8. The Morgan fingerprint density at radius 3 is 2.38 bits per heavy atom. The van der Waals surface area contributed by atoms with E-state index in [4.69, 9.17) is 18.9 Å². The van der Waals surface area contributed by atoms with E-state index in [9.17, 15) is 10.2 Å². The summed E-state index contributed by atoms with van der Waals surface area (Å²) >= 11 is 0. The van der Waals surface area contributed by atoms with Gasteiger partial charge in [-0.1, -0.05) is 33.1 Å². The monoisotopic (exact) mass is 412 g/mol. The fourth-order valence-electron chi connectivity index (χ4n) is 6.34. The van der Waals surface area contributed by atoms with Crippen LogP contribution < -0.4 is 0 Å². The summed E-state index contributed by atoms with van der Waals surface area (Å²) in [6, 6.07) is 0. The summed E-state index contributed by atoms with van der Waals surface area (Å²) in [5.74, 6) is -0.739. The van der Waals surface area contributed by atoms with Gasteiger partial charge in [0, 0.05) is 18.3 Å². The highest BCUT2D eigenvalue weighted by molar-refractivity contribution is 5.07. The van der Waals surface area contributed by atoms with Gasteiger partial charge in [-0.3, -0.25) is 0 Å². The van der Waals surface area contributed by atoms with E-state index in [0.717, 1.165) is 32.1 Å². The summed E-state index contributed by atoms with van der Waals surface area (Å²) in [6.45, 7) is 7.02. The minimum absolute atomic E-state index is 0.0422. The lowest BCUT2D eigenvalue weighted by molar-refractivity contribution is -0.408. The number of aliphatic hydroxyl groups is 2. The van der Waals surface area contributed by atoms with E-state index in [0.29, 0.717) is 31.7 Å². The summed E-state index contributed by atoms with van der Waals surface area (Å²) in [7, 11) is 0. The van der Waals surface area contributed by atoms with E-state index in [-0.39, 0.29) is 17.8 Å². The molecule has 2 aliphatic carbocycles. The van der Waals surface area contributed by atoms with Crippen LogP contribution >= 0.6 is 0 Å². The van der Waals surface area contributed by atoms with Crippen molar-refractivity contribution in [3.05, 3.63) is 0 Å². The molecule has 4 aliphatic rings. The van der Waals surface area contributed by atoms with Crippen LogP contribution in [0.15, 0.2) is 0 Å². The van der Waals surface area contributed by atoms with Crippen LogP contribution in [0, 0.1) is 23.7 Å². The van der Waals surface area contributed by atoms with Gasteiger partial charge in [0.15, 0.2) is 18.4 Å². The first-order valence-electron chi connectivity index (χ1n) is 11.8. The van der Waals surface area contributed by atoms with Crippen molar-refractivity contribution in [2.45, 2.75) is 109 Å². The smallest absolute Gasteiger partial charge is 0.193 e. The maximum absolute atomic E-state index is 11.8. The summed E-state index contributed by atoms with van der Waals surface area (Å²) in [6.07, 6.45) is 8.43. The first-order chi connectivity index (χ1) is 13.8. The van der Waals surface area contributed by atoms with Gasteiger partial charge in [0.25, 0.3) is 0 Å². The number of hydrogen-bond acceptors (Lipinski definition) is 6. The van der Waals surface area contributed by atoms with Crippen LogP contribution in [0.1, 0.15) is 78.6 Å². The largest absolute Gasteiger partial charge is 0.384 e. The third-order valence-corrected chi connectivity index (χ3v) is 8.06. The molecule has 8 unspecified atom stereocenters. The Morgan fingerprint density at radius 2 is 1.62 bits per heavy atom. The first kappa shape index (κ1) is 22.0. The zero-order valence-corrected chi connectivity index (χ0v) is 18.3. The maximum Gasteiger partial charge on any atom is 0.193 e. The van der Waals surface area contributed by atoms with Crippen LogP contribution in [0.3, 0.4) is 0 Å². The molecule has 4 fully saturated rings. The van der Waals surface area contributed by atoms with Gasteiger partial charge >= 0.3 is 0 Å². The Kier molecular flexibility index (Phi) is 6.60. The Labute approximate surface area is 175 Å². The molecule has 0 spiro atoms. The summed E-state index contributed by atoms with van der Waals surface area (Å²) < 4.78 is 24.2. The van der Waals surface area contributed by atoms with Crippen LogP contribution in [0.4, 0.5) is 0 Å². The second-order valence-corrected chi connectivity index (χ2v) is 10.2. The van der Waals surface area contributed by atoms with Crippen LogP contribution in [0.2, 0.25) is 0 Å². The molecule has 168 valence electrons. The Hall–Kier alpha value is -0.240. The second-order valence-electron chi connectivity index (χ2n) is 10.2. The van der Waals surface area contributed by atoms with Crippen molar-refractivity contribution in [1.82, 2.24) is 0 Å². The molecule has 2 N–H and O–H groups in total. The van der Waals surface area contributed by atoms with Gasteiger partial charge in [-0.05, 0) is 50.9 Å². The molecule has 29 heavy (non-hydrogen) atoms. The predicted molar refractivity (Wildman–Crippen MR) is 108 cm³/mol. The molecule has 6 nitrogen and oxygen atoms in total. The molecular formula is C23H40O6. The summed E-state index contributed by atoms with van der Waals surface area (Å²) in [4.78, 5) is 0. The fraction of sp³-hybridized carbons (Fsp3) is 1.00. The van der Waals surface area contributed by atoms with Crippen molar-refractivity contribution in [2.75, 3.05) is 13.2 Å². The molecule has 0 aromatic heterocycles. The van der Waals surface area contributed by atoms with E-state index in [1.54, 1.807) is 6.92 Å². The average Bonchev–Trinajstić information content (AvgIpc) is 2.78. The molecule has 0 aromatic carbocycles. The van der Waals surface area contributed by atoms with Crippen molar-refractivity contribution in [3.63, 3.8) is 0 Å². The van der Waals surface area contributed by atoms with E-state index in [1.807, 2.05) is 0 Å². The molecule has 4 rings (SSSR count). The molecule has 2 aliphatic heterocycles. The summed E-state index contributed by atoms with van der Waals surface area (Å²) in [5.41, 5.74) is -1.07. The lowest BCUT2D eigenvalue weighted by atomic mass is 9.58. The molecule has 2 heterocycles. The quantitative estimate of drug-likeness (QED) is 0.672. The van der Waals surface area contributed by atoms with E-state index >= 15 is 0 Å². The van der Waals surface area contributed by atoms with Crippen LogP contribution in [0.25, 0.3) is 0 Å². The second kappa shape index (κ2) is 8.71. The fourth-order valence-corrected chi connectivity index (χ4v) is 6.34. The van der Waals surface area contributed by atoms with E-state index in [1.165, 1.54) is 19.3 Å². The highest BCUT2D eigenvalue weighted by atomic mass is 16.8. The number of ether oxygens (including phenoxy) is 4. The Bertz CT molecular complexity index is 547. The van der Waals surface area contributed by atoms with Crippen LogP contribution in [0.5, 0.6) is 0 Å². The van der Waals surface area contributed by atoms with Crippen LogP contribution in [-0.2, 0) is 18.9 Å². The van der Waals surface area contributed by atoms with Gasteiger partial charge in [0.2, 0.25) is 0 Å². The highest BCUT2D eigenvalue weighted by Crippen LogP contribution is 2.55. The standard InChI is InChI=1S/C23H40O6/c1-15-9-10-19-16(2)20(27-14-13-26-17-7-5-4-6-8-17)28-21-23(19,25)18(15)11-12-22(3,24)29-21/h15-21,24-25H,4-14H2,1-3H3. The number of rotatable bonds is 5. The summed E-state index contributed by atoms with van der Waals surface area (Å²) in [5, 5.41) is 22.5. The topological polar surface area (TPSA) is 77.4 Å². The molecule has 6 heteroatoms. The molecule has 2 saturated carbocycles. The molecule has 0 radical (unpaired) electrons. The minimum Gasteiger partial charge on any atom is -0.384 e. The predicted octanol–water partition coefficient (Wildman–Crippen LogP) is 3.58. The first-order valence-corrected chi connectivity index (χ1v) is 11.8. The van der Waals surface area contributed by atoms with E-state index < -0.39 is 24.0 Å². The zero-order chi connectivity index (χ0) is 20.6. The van der Waals surface area contributed by atoms with Gasteiger partial charge in [-0.25, -0.2) is 0 Å². The highest BCUT2D eigenvalue weighted by Gasteiger charge is 2.63. The van der Waals surface area contributed by atoms with E-state index in [2.05, 4.69) is 13.8 Å². The third-order valence-electron chi connectivity index (χ3n) is 8.06. The van der Waals surface area contributed by atoms with Gasteiger partial charge in [-0.15, -0.1) is 0 Å². The van der Waals surface area contributed by atoms with Gasteiger partial charge in [0.05, 0.1) is 19.3 Å². The zero-order valence-electron chi connectivity index (χ0n) is 18.3. The van der Waals surface area contributed by atoms with Crippen molar-refractivity contribution in [3.8, 4) is 0 Å². The normalized spacial score (nSPS) is 48.7.